The van der Waals surface area contributed by atoms with Gasteiger partial charge in [0.2, 0.25) is 0 Å². The Bertz CT molecular complexity index is 424. The number of aliphatic hydroxyl groups excluding tert-OH is 1. The summed E-state index contributed by atoms with van der Waals surface area (Å²) in [6, 6.07) is 9.85. The van der Waals surface area contributed by atoms with Gasteiger partial charge in [-0.1, -0.05) is 30.3 Å². The molecule has 1 unspecified atom stereocenters. The standard InChI is InChI=1S/C14H21N3O2/c1-14(11-18,12-5-3-2-4-6-12)16-8-10-17-9-7-15-13(17)19/h2-6,16,18H,7-11H2,1H3,(H,15,19). The highest BCUT2D eigenvalue weighted by molar-refractivity contribution is 5.76. The average molecular weight is 263 g/mol. The van der Waals surface area contributed by atoms with Crippen LogP contribution in [-0.4, -0.2) is 48.8 Å². The number of amides is 2. The van der Waals surface area contributed by atoms with Crippen molar-refractivity contribution >= 4 is 6.03 Å². The molecular weight excluding hydrogens is 242 g/mol. The van der Waals surface area contributed by atoms with Gasteiger partial charge in [0.05, 0.1) is 12.1 Å². The highest BCUT2D eigenvalue weighted by Gasteiger charge is 2.26. The van der Waals surface area contributed by atoms with Crippen molar-refractivity contribution in [2.75, 3.05) is 32.8 Å². The van der Waals surface area contributed by atoms with Crippen LogP contribution in [0.3, 0.4) is 0 Å². The second-order valence-electron chi connectivity index (χ2n) is 5.00. The van der Waals surface area contributed by atoms with Crippen LogP contribution in [-0.2, 0) is 5.54 Å². The third-order valence-corrected chi connectivity index (χ3v) is 3.57. The van der Waals surface area contributed by atoms with Gasteiger partial charge in [-0.05, 0) is 12.5 Å². The van der Waals surface area contributed by atoms with Crippen molar-refractivity contribution in [2.24, 2.45) is 0 Å². The van der Waals surface area contributed by atoms with Crippen molar-refractivity contribution in [3.63, 3.8) is 0 Å². The number of nitrogens with zero attached hydrogens (tertiary/aromatic N) is 1. The van der Waals surface area contributed by atoms with E-state index in [1.807, 2.05) is 37.3 Å². The molecule has 0 spiro atoms. The number of aliphatic hydroxyl groups is 1. The molecule has 0 saturated carbocycles. The molecule has 0 aromatic heterocycles. The van der Waals surface area contributed by atoms with Crippen LogP contribution in [0.15, 0.2) is 30.3 Å². The third kappa shape index (κ3) is 3.24. The SMILES string of the molecule is CC(CO)(NCCN1CCNC1=O)c1ccccc1. The summed E-state index contributed by atoms with van der Waals surface area (Å²) in [5.41, 5.74) is 0.570. The first kappa shape index (κ1) is 13.8. The number of carbonyl (C=O) groups is 1. The maximum atomic E-state index is 11.4. The minimum absolute atomic E-state index is 0.00721. The zero-order valence-electron chi connectivity index (χ0n) is 11.2. The first-order valence-electron chi connectivity index (χ1n) is 6.60. The Hall–Kier alpha value is -1.59. The number of hydrogen-bond acceptors (Lipinski definition) is 3. The van der Waals surface area contributed by atoms with Gasteiger partial charge in [-0.2, -0.15) is 0 Å². The van der Waals surface area contributed by atoms with E-state index in [1.54, 1.807) is 4.90 Å². The van der Waals surface area contributed by atoms with Crippen LogP contribution in [0.2, 0.25) is 0 Å². The van der Waals surface area contributed by atoms with Crippen LogP contribution in [0, 0.1) is 0 Å². The molecular formula is C14H21N3O2. The third-order valence-electron chi connectivity index (χ3n) is 3.57. The highest BCUT2D eigenvalue weighted by atomic mass is 16.3. The second kappa shape index (κ2) is 6.04. The van der Waals surface area contributed by atoms with Gasteiger partial charge >= 0.3 is 6.03 Å². The molecule has 1 heterocycles. The summed E-state index contributed by atoms with van der Waals surface area (Å²) >= 11 is 0. The van der Waals surface area contributed by atoms with Crippen molar-refractivity contribution in [2.45, 2.75) is 12.5 Å². The van der Waals surface area contributed by atoms with E-state index in [0.29, 0.717) is 13.1 Å². The Morgan fingerprint density at radius 1 is 1.42 bits per heavy atom. The molecule has 1 aliphatic rings. The Morgan fingerprint density at radius 3 is 2.74 bits per heavy atom. The van der Waals surface area contributed by atoms with Crippen LogP contribution < -0.4 is 10.6 Å². The molecule has 1 fully saturated rings. The van der Waals surface area contributed by atoms with Gasteiger partial charge in [0.25, 0.3) is 0 Å². The number of benzene rings is 1. The molecule has 0 radical (unpaired) electrons. The molecule has 0 aliphatic carbocycles. The van der Waals surface area contributed by atoms with E-state index in [4.69, 9.17) is 0 Å². The van der Waals surface area contributed by atoms with E-state index >= 15 is 0 Å². The van der Waals surface area contributed by atoms with Crippen molar-refractivity contribution in [3.05, 3.63) is 35.9 Å². The molecule has 3 N–H and O–H groups in total. The van der Waals surface area contributed by atoms with Crippen molar-refractivity contribution in [3.8, 4) is 0 Å². The zero-order valence-corrected chi connectivity index (χ0v) is 11.2. The molecule has 5 heteroatoms. The van der Waals surface area contributed by atoms with Crippen molar-refractivity contribution < 1.29 is 9.90 Å². The molecule has 104 valence electrons. The lowest BCUT2D eigenvalue weighted by Crippen LogP contribution is -2.46. The maximum Gasteiger partial charge on any atom is 0.317 e. The molecule has 1 aromatic rings. The van der Waals surface area contributed by atoms with Gasteiger partial charge < -0.3 is 20.6 Å². The van der Waals surface area contributed by atoms with Gasteiger partial charge in [0, 0.05) is 26.2 Å². The fourth-order valence-corrected chi connectivity index (χ4v) is 2.25. The normalized spacial score (nSPS) is 18.2. The molecule has 2 rings (SSSR count). The molecule has 1 aliphatic heterocycles. The highest BCUT2D eigenvalue weighted by Crippen LogP contribution is 2.19. The molecule has 1 aromatic carbocycles. The maximum absolute atomic E-state index is 11.4. The summed E-state index contributed by atoms with van der Waals surface area (Å²) in [5, 5.41) is 15.7. The van der Waals surface area contributed by atoms with Gasteiger partial charge in [-0.3, -0.25) is 0 Å². The second-order valence-corrected chi connectivity index (χ2v) is 5.00. The number of urea groups is 1. The largest absolute Gasteiger partial charge is 0.394 e. The molecule has 1 saturated heterocycles. The molecule has 5 nitrogen and oxygen atoms in total. The number of hydrogen-bond donors (Lipinski definition) is 3. The Balaban J connectivity index is 1.90. The molecule has 0 bridgehead atoms. The number of nitrogens with one attached hydrogen (secondary N) is 2. The van der Waals surface area contributed by atoms with Crippen LogP contribution in [0.5, 0.6) is 0 Å². The lowest BCUT2D eigenvalue weighted by Gasteiger charge is -2.30. The Kier molecular flexibility index (Phi) is 4.39. The lowest BCUT2D eigenvalue weighted by molar-refractivity contribution is 0.170. The van der Waals surface area contributed by atoms with Crippen LogP contribution in [0.4, 0.5) is 4.79 Å². The fraction of sp³-hybridized carbons (Fsp3) is 0.500. The first-order valence-corrected chi connectivity index (χ1v) is 6.60. The molecule has 2 amide bonds. The van der Waals surface area contributed by atoms with E-state index in [-0.39, 0.29) is 12.6 Å². The quantitative estimate of drug-likeness (QED) is 0.700. The lowest BCUT2D eigenvalue weighted by atomic mass is 9.93. The van der Waals surface area contributed by atoms with E-state index in [2.05, 4.69) is 10.6 Å². The van der Waals surface area contributed by atoms with Crippen molar-refractivity contribution in [1.29, 1.82) is 0 Å². The number of carbonyl (C=O) groups excluding carboxylic acids is 1. The summed E-state index contributed by atoms with van der Waals surface area (Å²) in [6.45, 7) is 4.75. The van der Waals surface area contributed by atoms with E-state index in [9.17, 15) is 9.90 Å². The Labute approximate surface area is 113 Å². The van der Waals surface area contributed by atoms with Crippen LogP contribution in [0.1, 0.15) is 12.5 Å². The van der Waals surface area contributed by atoms with Gasteiger partial charge in [-0.15, -0.1) is 0 Å². The number of rotatable bonds is 6. The van der Waals surface area contributed by atoms with Crippen LogP contribution >= 0.6 is 0 Å². The predicted molar refractivity (Wildman–Crippen MR) is 73.9 cm³/mol. The van der Waals surface area contributed by atoms with E-state index < -0.39 is 5.54 Å². The summed E-state index contributed by atoms with van der Waals surface area (Å²) in [7, 11) is 0. The summed E-state index contributed by atoms with van der Waals surface area (Å²) in [6.07, 6.45) is 0. The smallest absolute Gasteiger partial charge is 0.317 e. The first-order chi connectivity index (χ1) is 9.15. The Morgan fingerprint density at radius 2 is 2.16 bits per heavy atom. The van der Waals surface area contributed by atoms with Crippen LogP contribution in [0.25, 0.3) is 0 Å². The van der Waals surface area contributed by atoms with Crippen molar-refractivity contribution in [1.82, 2.24) is 15.5 Å². The minimum Gasteiger partial charge on any atom is -0.394 e. The molecule has 19 heavy (non-hydrogen) atoms. The molecule has 1 atom stereocenters. The topological polar surface area (TPSA) is 64.6 Å². The van der Waals surface area contributed by atoms with Gasteiger partial charge in [-0.25, -0.2) is 4.79 Å². The average Bonchev–Trinajstić information content (AvgIpc) is 2.85. The predicted octanol–water partition coefficient (Wildman–Crippen LogP) is 0.509. The summed E-state index contributed by atoms with van der Waals surface area (Å²) < 4.78 is 0. The fourth-order valence-electron chi connectivity index (χ4n) is 2.25. The monoisotopic (exact) mass is 263 g/mol. The zero-order chi connectivity index (χ0) is 13.7. The van der Waals surface area contributed by atoms with E-state index in [0.717, 1.165) is 18.7 Å². The summed E-state index contributed by atoms with van der Waals surface area (Å²) in [5.74, 6) is 0. The van der Waals surface area contributed by atoms with Gasteiger partial charge in [0.15, 0.2) is 0 Å². The summed E-state index contributed by atoms with van der Waals surface area (Å²) in [4.78, 5) is 13.2. The van der Waals surface area contributed by atoms with E-state index in [1.165, 1.54) is 0 Å². The minimum atomic E-state index is -0.475. The van der Waals surface area contributed by atoms with Gasteiger partial charge in [0.1, 0.15) is 0 Å².